The van der Waals surface area contributed by atoms with Gasteiger partial charge in [0.15, 0.2) is 16.8 Å². The van der Waals surface area contributed by atoms with Crippen molar-refractivity contribution in [2.75, 3.05) is 11.1 Å². The summed E-state index contributed by atoms with van der Waals surface area (Å²) >= 11 is 7.43. The van der Waals surface area contributed by atoms with Crippen LogP contribution in [0, 0.1) is 0 Å². The number of rotatable bonds is 7. The van der Waals surface area contributed by atoms with Crippen LogP contribution < -0.4 is 5.32 Å². The van der Waals surface area contributed by atoms with Gasteiger partial charge in [0.05, 0.1) is 16.3 Å². The van der Waals surface area contributed by atoms with E-state index in [1.54, 1.807) is 48.5 Å². The molecular weight excluding hydrogens is 444 g/mol. The Labute approximate surface area is 194 Å². The second-order valence-corrected chi connectivity index (χ2v) is 8.30. The first-order valence-corrected chi connectivity index (χ1v) is 11.2. The van der Waals surface area contributed by atoms with E-state index in [1.807, 2.05) is 41.9 Å². The molecule has 0 unspecified atom stereocenters. The van der Waals surface area contributed by atoms with E-state index in [-0.39, 0.29) is 17.4 Å². The van der Waals surface area contributed by atoms with Gasteiger partial charge in [0.25, 0.3) is 5.91 Å². The lowest BCUT2D eigenvalue weighted by atomic mass is 10.1. The van der Waals surface area contributed by atoms with Gasteiger partial charge in [0.1, 0.15) is 0 Å². The van der Waals surface area contributed by atoms with Crippen molar-refractivity contribution < 1.29 is 9.59 Å². The monoisotopic (exact) mass is 462 g/mol. The van der Waals surface area contributed by atoms with E-state index in [2.05, 4.69) is 15.5 Å². The van der Waals surface area contributed by atoms with Crippen molar-refractivity contribution in [3.8, 4) is 11.4 Å². The van der Waals surface area contributed by atoms with E-state index in [0.717, 1.165) is 5.56 Å². The Balaban J connectivity index is 1.42. The number of halogens is 1. The molecule has 0 atom stereocenters. The molecule has 0 spiro atoms. The van der Waals surface area contributed by atoms with E-state index in [0.29, 0.717) is 32.8 Å². The Bertz CT molecular complexity index is 1260. The Morgan fingerprint density at radius 3 is 2.34 bits per heavy atom. The molecular formula is C24H19ClN4O2S. The largest absolute Gasteiger partial charge is 0.322 e. The highest BCUT2D eigenvalue weighted by Crippen LogP contribution is 2.25. The summed E-state index contributed by atoms with van der Waals surface area (Å²) in [5, 5.41) is 12.4. The highest BCUT2D eigenvalue weighted by Gasteiger charge is 2.14. The first kappa shape index (κ1) is 21.8. The van der Waals surface area contributed by atoms with Crippen molar-refractivity contribution in [3.05, 3.63) is 95.0 Å². The fraction of sp³-hybridized carbons (Fsp3) is 0.0833. The summed E-state index contributed by atoms with van der Waals surface area (Å²) in [6, 6.07) is 23.4. The quantitative estimate of drug-likeness (QED) is 0.295. The molecule has 0 aliphatic rings. The molecule has 1 aromatic heterocycles. The van der Waals surface area contributed by atoms with Gasteiger partial charge in [-0.3, -0.25) is 9.59 Å². The van der Waals surface area contributed by atoms with Crippen molar-refractivity contribution in [2.45, 2.75) is 5.16 Å². The Kier molecular flexibility index (Phi) is 6.68. The van der Waals surface area contributed by atoms with E-state index in [1.165, 1.54) is 11.8 Å². The van der Waals surface area contributed by atoms with Crippen LogP contribution in [0.25, 0.3) is 11.4 Å². The summed E-state index contributed by atoms with van der Waals surface area (Å²) in [6.07, 6.45) is 0. The number of nitrogens with zero attached hydrogens (tertiary/aromatic N) is 3. The molecule has 1 heterocycles. The fourth-order valence-corrected chi connectivity index (χ4v) is 4.10. The molecule has 0 aliphatic carbocycles. The van der Waals surface area contributed by atoms with Crippen LogP contribution in [-0.2, 0) is 7.05 Å². The average molecular weight is 463 g/mol. The number of nitrogens with one attached hydrogen (secondary N) is 1. The van der Waals surface area contributed by atoms with Crippen molar-refractivity contribution in [3.63, 3.8) is 0 Å². The van der Waals surface area contributed by atoms with Crippen LogP contribution in [0.3, 0.4) is 0 Å². The number of amides is 1. The summed E-state index contributed by atoms with van der Waals surface area (Å²) in [6.45, 7) is 0. The van der Waals surface area contributed by atoms with Crippen molar-refractivity contribution >= 4 is 40.7 Å². The lowest BCUT2D eigenvalue weighted by molar-refractivity contribution is 0.101. The summed E-state index contributed by atoms with van der Waals surface area (Å²) in [4.78, 5) is 24.8. The molecule has 3 aromatic carbocycles. The zero-order valence-corrected chi connectivity index (χ0v) is 18.7. The summed E-state index contributed by atoms with van der Waals surface area (Å²) in [5.41, 5.74) is 2.58. The summed E-state index contributed by atoms with van der Waals surface area (Å²) < 4.78 is 1.85. The number of hydrogen-bond acceptors (Lipinski definition) is 5. The van der Waals surface area contributed by atoms with Crippen LogP contribution in [0.1, 0.15) is 20.7 Å². The molecule has 0 aliphatic heterocycles. The molecule has 1 amide bonds. The Morgan fingerprint density at radius 2 is 1.62 bits per heavy atom. The molecule has 160 valence electrons. The molecule has 4 aromatic rings. The maximum Gasteiger partial charge on any atom is 0.257 e. The minimum atomic E-state index is -0.274. The molecule has 0 saturated carbocycles. The Hall–Kier alpha value is -3.42. The topological polar surface area (TPSA) is 76.9 Å². The normalized spacial score (nSPS) is 10.7. The number of hydrogen-bond donors (Lipinski definition) is 1. The Morgan fingerprint density at radius 1 is 0.938 bits per heavy atom. The minimum Gasteiger partial charge on any atom is -0.322 e. The maximum atomic E-state index is 12.4. The number of aromatic nitrogens is 3. The van der Waals surface area contributed by atoms with Crippen LogP contribution in [0.2, 0.25) is 5.02 Å². The number of Topliss-reactive ketones (excluding diaryl/α,β-unsaturated/α-hetero) is 1. The second-order valence-electron chi connectivity index (χ2n) is 6.95. The number of carbonyl (C=O) groups is 2. The number of anilines is 1. The molecule has 32 heavy (non-hydrogen) atoms. The third kappa shape index (κ3) is 4.90. The van der Waals surface area contributed by atoms with Crippen LogP contribution in [0.4, 0.5) is 5.69 Å². The summed E-state index contributed by atoms with van der Waals surface area (Å²) in [5.74, 6) is 0.717. The van der Waals surface area contributed by atoms with Gasteiger partial charge in [0.2, 0.25) is 0 Å². The van der Waals surface area contributed by atoms with Crippen LogP contribution in [0.5, 0.6) is 0 Å². The number of thioether (sulfide) groups is 1. The second kappa shape index (κ2) is 9.80. The lowest BCUT2D eigenvalue weighted by Gasteiger charge is -2.08. The van der Waals surface area contributed by atoms with E-state index in [4.69, 9.17) is 11.6 Å². The van der Waals surface area contributed by atoms with Gasteiger partial charge >= 0.3 is 0 Å². The lowest BCUT2D eigenvalue weighted by Crippen LogP contribution is -2.12. The van der Waals surface area contributed by atoms with Gasteiger partial charge in [0, 0.05) is 23.9 Å². The van der Waals surface area contributed by atoms with Crippen molar-refractivity contribution in [2.24, 2.45) is 7.05 Å². The van der Waals surface area contributed by atoms with Gasteiger partial charge in [-0.15, -0.1) is 10.2 Å². The first-order valence-electron chi connectivity index (χ1n) is 9.79. The summed E-state index contributed by atoms with van der Waals surface area (Å²) in [7, 11) is 1.86. The van der Waals surface area contributed by atoms with Crippen LogP contribution in [-0.4, -0.2) is 32.2 Å². The number of carbonyl (C=O) groups excluding carboxylic acids is 2. The SMILES string of the molecule is Cn1c(SCC(=O)c2ccccc2)nnc1-c1ccc(NC(=O)c2ccccc2Cl)cc1. The van der Waals surface area contributed by atoms with E-state index < -0.39 is 0 Å². The highest BCUT2D eigenvalue weighted by molar-refractivity contribution is 7.99. The molecule has 0 saturated heterocycles. The van der Waals surface area contributed by atoms with Crippen LogP contribution >= 0.6 is 23.4 Å². The number of benzene rings is 3. The third-order valence-electron chi connectivity index (χ3n) is 4.78. The molecule has 8 heteroatoms. The van der Waals surface area contributed by atoms with Gasteiger partial charge in [-0.25, -0.2) is 0 Å². The van der Waals surface area contributed by atoms with Gasteiger partial charge in [-0.05, 0) is 36.4 Å². The first-order chi connectivity index (χ1) is 15.5. The predicted octanol–water partition coefficient (Wildman–Crippen LogP) is 5.36. The standard InChI is InChI=1S/C24H19ClN4O2S/c1-29-22(27-28-24(29)32-15-21(30)16-7-3-2-4-8-16)17-11-13-18(14-12-17)26-23(31)19-9-5-6-10-20(19)25/h2-14H,15H2,1H3,(H,26,31). The van der Waals surface area contributed by atoms with Gasteiger partial charge < -0.3 is 9.88 Å². The molecule has 4 rings (SSSR count). The van der Waals surface area contributed by atoms with E-state index >= 15 is 0 Å². The third-order valence-corrected chi connectivity index (χ3v) is 6.13. The number of ketones is 1. The van der Waals surface area contributed by atoms with Crippen molar-refractivity contribution in [1.82, 2.24) is 14.8 Å². The maximum absolute atomic E-state index is 12.4. The van der Waals surface area contributed by atoms with Crippen LogP contribution in [0.15, 0.2) is 84.0 Å². The molecule has 1 N–H and O–H groups in total. The zero-order chi connectivity index (χ0) is 22.5. The molecule has 6 nitrogen and oxygen atoms in total. The average Bonchev–Trinajstić information content (AvgIpc) is 3.19. The minimum absolute atomic E-state index is 0.0405. The van der Waals surface area contributed by atoms with Gasteiger partial charge in [-0.1, -0.05) is 65.8 Å². The molecule has 0 fully saturated rings. The smallest absolute Gasteiger partial charge is 0.257 e. The van der Waals surface area contributed by atoms with Gasteiger partial charge in [-0.2, -0.15) is 0 Å². The predicted molar refractivity (Wildman–Crippen MR) is 127 cm³/mol. The molecule has 0 radical (unpaired) electrons. The molecule has 0 bridgehead atoms. The zero-order valence-electron chi connectivity index (χ0n) is 17.2. The fourth-order valence-electron chi connectivity index (χ4n) is 3.08. The van der Waals surface area contributed by atoms with E-state index in [9.17, 15) is 9.59 Å². The highest BCUT2D eigenvalue weighted by atomic mass is 35.5. The van der Waals surface area contributed by atoms with Crippen molar-refractivity contribution in [1.29, 1.82) is 0 Å².